The Morgan fingerprint density at radius 1 is 0.646 bits per heavy atom. The second-order valence-electron chi connectivity index (χ2n) is 18.3. The van der Waals surface area contributed by atoms with Crippen LogP contribution in [0.5, 0.6) is 0 Å². The molecule has 65 heavy (non-hydrogen) atoms. The molecule has 1 N–H and O–H groups in total. The predicted octanol–water partition coefficient (Wildman–Crippen LogP) is 11.0. The number of rotatable bonds is 5. The number of carbonyl (C=O) groups is 1. The second-order valence-corrected chi connectivity index (χ2v) is 19.5. The van der Waals surface area contributed by atoms with Gasteiger partial charge in [-0.1, -0.05) is 66.2 Å². The quantitative estimate of drug-likeness (QED) is 0.180. The van der Waals surface area contributed by atoms with Gasteiger partial charge >= 0.3 is 6.09 Å². The third-order valence-electron chi connectivity index (χ3n) is 12.2. The molecule has 2 aliphatic heterocycles. The van der Waals surface area contributed by atoms with Crippen LogP contribution in [0.4, 0.5) is 16.2 Å². The molecule has 0 bridgehead atoms. The summed E-state index contributed by atoms with van der Waals surface area (Å²) in [5, 5.41) is 15.3. The zero-order valence-electron chi connectivity index (χ0n) is 37.8. The van der Waals surface area contributed by atoms with Crippen molar-refractivity contribution in [1.82, 2.24) is 39.4 Å². The number of carbonyl (C=O) groups excluding carboxylic acids is 1. The van der Waals surface area contributed by atoms with Crippen LogP contribution in [0.15, 0.2) is 127 Å². The molecule has 0 spiro atoms. The zero-order chi connectivity index (χ0) is 45.6. The lowest BCUT2D eigenvalue weighted by Crippen LogP contribution is -2.58. The number of halogens is 2. The first kappa shape index (κ1) is 44.2. The lowest BCUT2D eigenvalue weighted by Gasteiger charge is -2.45. The highest BCUT2D eigenvalue weighted by Crippen LogP contribution is 2.36. The van der Waals surface area contributed by atoms with Crippen LogP contribution in [0.1, 0.15) is 48.5 Å². The molecule has 0 radical (unpaired) electrons. The summed E-state index contributed by atoms with van der Waals surface area (Å²) in [5.41, 5.74) is 9.87. The van der Waals surface area contributed by atoms with Crippen LogP contribution < -0.4 is 15.1 Å². The van der Waals surface area contributed by atoms with Crippen LogP contribution in [0.2, 0.25) is 5.02 Å². The Bertz CT molecular complexity index is 2960. The molecule has 4 aromatic carbocycles. The maximum Gasteiger partial charge on any atom is 0.410 e. The fourth-order valence-corrected chi connectivity index (χ4v) is 9.91. The number of fused-ring (bicyclic) bond motifs is 3. The first-order valence-electron chi connectivity index (χ1n) is 22.2. The van der Waals surface area contributed by atoms with Crippen molar-refractivity contribution < 1.29 is 9.53 Å². The molecule has 334 valence electrons. The molecule has 4 atom stereocenters. The molecule has 12 nitrogen and oxygen atoms in total. The van der Waals surface area contributed by atoms with Gasteiger partial charge in [0.2, 0.25) is 0 Å². The van der Waals surface area contributed by atoms with E-state index in [2.05, 4.69) is 135 Å². The lowest BCUT2D eigenvalue weighted by molar-refractivity contribution is 0.0193. The van der Waals surface area contributed by atoms with Gasteiger partial charge in [-0.25, -0.2) is 23.8 Å². The summed E-state index contributed by atoms with van der Waals surface area (Å²) < 4.78 is 10.1. The van der Waals surface area contributed by atoms with Gasteiger partial charge in [0, 0.05) is 114 Å². The molecule has 14 heteroatoms. The van der Waals surface area contributed by atoms with Crippen molar-refractivity contribution in [3.63, 3.8) is 0 Å². The van der Waals surface area contributed by atoms with Gasteiger partial charge in [0.15, 0.2) is 11.3 Å². The van der Waals surface area contributed by atoms with Crippen LogP contribution in [0.25, 0.3) is 55.4 Å². The minimum Gasteiger partial charge on any atom is -0.444 e. The van der Waals surface area contributed by atoms with E-state index in [-0.39, 0.29) is 18.2 Å². The van der Waals surface area contributed by atoms with Gasteiger partial charge in [-0.05, 0) is 117 Å². The summed E-state index contributed by atoms with van der Waals surface area (Å²) in [6, 6.07) is 30.7. The fourth-order valence-electron chi connectivity index (χ4n) is 9.31. The Morgan fingerprint density at radius 2 is 1.17 bits per heavy atom. The van der Waals surface area contributed by atoms with Crippen LogP contribution in [0.3, 0.4) is 0 Å². The topological polar surface area (TPSA) is 108 Å². The number of amides is 1. The van der Waals surface area contributed by atoms with Crippen LogP contribution in [0, 0.1) is 0 Å². The Labute approximate surface area is 393 Å². The minimum atomic E-state index is -0.485. The van der Waals surface area contributed by atoms with E-state index in [0.29, 0.717) is 25.2 Å². The van der Waals surface area contributed by atoms with Crippen molar-refractivity contribution in [2.45, 2.75) is 78.2 Å². The summed E-state index contributed by atoms with van der Waals surface area (Å²) in [7, 11) is 0. The van der Waals surface area contributed by atoms with E-state index in [1.54, 1.807) is 10.7 Å². The Morgan fingerprint density at radius 3 is 1.75 bits per heavy atom. The number of piperazine rings is 2. The van der Waals surface area contributed by atoms with E-state index in [1.807, 2.05) is 85.3 Å². The molecular formula is C51H54BrClN10O2. The number of benzene rings is 4. The molecule has 10 rings (SSSR count). The molecule has 2 fully saturated rings. The Kier molecular flexibility index (Phi) is 12.3. The van der Waals surface area contributed by atoms with E-state index in [4.69, 9.17) is 21.3 Å². The van der Waals surface area contributed by atoms with E-state index >= 15 is 0 Å². The number of anilines is 2. The average Bonchev–Trinajstić information content (AvgIpc) is 3.89. The number of hydrogen-bond donors (Lipinski definition) is 1. The van der Waals surface area contributed by atoms with Crippen LogP contribution >= 0.6 is 27.5 Å². The van der Waals surface area contributed by atoms with Gasteiger partial charge in [-0.15, -0.1) is 0 Å². The fraction of sp³-hybridized carbons (Fsp3) is 0.314. The van der Waals surface area contributed by atoms with Gasteiger partial charge in [0.25, 0.3) is 0 Å². The standard InChI is InChI=1S/C28H26ClN5.C23H28BrN5O2/c1-18-13-30-14-19(2)34(18)22-9-7-20(8-10-22)21-15-31-28-26(16-32-33(28)17-21)24-11-12-27(29)25-6-4-3-5-23(24)25;1-15-12-27(22(30)31-23(3,4)5)13-16(2)29(15)19-8-6-17(7-9-19)18-10-25-21-20(24)11-26-28(21)14-18/h3-12,15-19,30H,13-14H2,1-2H3;6-11,14-16H,12-13H2,1-5H3/t18-,19+;15-,16+. The lowest BCUT2D eigenvalue weighted by atomic mass is 10.00. The molecule has 0 saturated carbocycles. The normalized spacial score (nSPS) is 19.1. The molecule has 1 amide bonds. The zero-order valence-corrected chi connectivity index (χ0v) is 40.1. The highest BCUT2D eigenvalue weighted by molar-refractivity contribution is 9.10. The molecule has 0 unspecified atom stereocenters. The largest absolute Gasteiger partial charge is 0.444 e. The molecule has 2 saturated heterocycles. The third-order valence-corrected chi connectivity index (χ3v) is 13.1. The summed E-state index contributed by atoms with van der Waals surface area (Å²) in [5.74, 6) is 0. The first-order valence-corrected chi connectivity index (χ1v) is 23.4. The molecule has 4 aromatic heterocycles. The first-order chi connectivity index (χ1) is 31.2. The number of nitrogens with one attached hydrogen (secondary N) is 1. The summed E-state index contributed by atoms with van der Waals surface area (Å²) in [6.45, 7) is 17.8. The van der Waals surface area contributed by atoms with Gasteiger partial charge < -0.3 is 24.8 Å². The van der Waals surface area contributed by atoms with Gasteiger partial charge in [0.05, 0.1) is 16.9 Å². The molecule has 2 aliphatic rings. The summed E-state index contributed by atoms with van der Waals surface area (Å²) in [6.07, 6.45) is 11.2. The highest BCUT2D eigenvalue weighted by atomic mass is 79.9. The van der Waals surface area contributed by atoms with E-state index in [1.165, 1.54) is 5.69 Å². The van der Waals surface area contributed by atoms with Crippen molar-refractivity contribution in [2.75, 3.05) is 36.0 Å². The van der Waals surface area contributed by atoms with Crippen molar-refractivity contribution in [3.8, 4) is 33.4 Å². The maximum absolute atomic E-state index is 12.5. The number of ether oxygens (including phenoxy) is 1. The van der Waals surface area contributed by atoms with Crippen LogP contribution in [-0.2, 0) is 4.74 Å². The van der Waals surface area contributed by atoms with Gasteiger partial charge in [-0.2, -0.15) is 10.2 Å². The SMILES string of the molecule is C[C@@H]1CN(C(=O)OC(C)(C)C)C[C@H](C)N1c1ccc(-c2cnc3c(Br)cnn3c2)cc1.C[C@@H]1CNC[C@H](C)N1c1ccc(-c2cnc3c(-c4ccc(Cl)c5ccccc45)cnn3c2)cc1. The Balaban J connectivity index is 0.000000165. The van der Waals surface area contributed by atoms with Crippen molar-refractivity contribution in [2.24, 2.45) is 0 Å². The van der Waals surface area contributed by atoms with Crippen molar-refractivity contribution >= 4 is 67.1 Å². The minimum absolute atomic E-state index is 0.182. The smallest absolute Gasteiger partial charge is 0.410 e. The van der Waals surface area contributed by atoms with Gasteiger partial charge in [0.1, 0.15) is 5.60 Å². The number of nitrogens with zero attached hydrogens (tertiary/aromatic N) is 9. The van der Waals surface area contributed by atoms with E-state index < -0.39 is 5.60 Å². The summed E-state index contributed by atoms with van der Waals surface area (Å²) >= 11 is 9.89. The second kappa shape index (κ2) is 18.1. The highest BCUT2D eigenvalue weighted by Gasteiger charge is 2.34. The van der Waals surface area contributed by atoms with E-state index in [9.17, 15) is 4.79 Å². The monoisotopic (exact) mass is 952 g/mol. The summed E-state index contributed by atoms with van der Waals surface area (Å²) in [4.78, 5) is 28.5. The molecule has 6 heterocycles. The van der Waals surface area contributed by atoms with Crippen molar-refractivity contribution in [1.29, 1.82) is 0 Å². The number of aromatic nitrogens is 6. The molecular weight excluding hydrogens is 900 g/mol. The predicted molar refractivity (Wildman–Crippen MR) is 266 cm³/mol. The number of hydrogen-bond acceptors (Lipinski definition) is 9. The third kappa shape index (κ3) is 9.14. The van der Waals surface area contributed by atoms with Gasteiger partial charge in [-0.3, -0.25) is 0 Å². The maximum atomic E-state index is 12.5. The van der Waals surface area contributed by atoms with E-state index in [0.717, 1.165) is 83.7 Å². The van der Waals surface area contributed by atoms with Crippen LogP contribution in [-0.4, -0.2) is 96.1 Å². The Hall–Kier alpha value is -6.02. The average molecular weight is 954 g/mol. The van der Waals surface area contributed by atoms with Crippen molar-refractivity contribution in [3.05, 3.63) is 132 Å². The molecule has 0 aliphatic carbocycles. The molecule has 8 aromatic rings.